The minimum atomic E-state index is 0.603. The van der Waals surface area contributed by atoms with Crippen molar-refractivity contribution < 1.29 is 0 Å². The highest BCUT2D eigenvalue weighted by atomic mass is 35.5. The van der Waals surface area contributed by atoms with E-state index in [1.54, 1.807) is 0 Å². The van der Waals surface area contributed by atoms with E-state index < -0.39 is 0 Å². The van der Waals surface area contributed by atoms with Crippen LogP contribution in [0.4, 0.5) is 0 Å². The number of fused-ring (bicyclic) bond motifs is 2. The van der Waals surface area contributed by atoms with Gasteiger partial charge in [-0.3, -0.25) is 0 Å². The van der Waals surface area contributed by atoms with E-state index in [0.717, 1.165) is 38.6 Å². The van der Waals surface area contributed by atoms with Gasteiger partial charge in [0, 0.05) is 21.7 Å². The summed E-state index contributed by atoms with van der Waals surface area (Å²) in [5.74, 6) is 1.86. The minimum Gasteiger partial charge on any atom is -0.208 e. The summed E-state index contributed by atoms with van der Waals surface area (Å²) in [6.07, 6.45) is 0. The maximum absolute atomic E-state index is 6.56. The van der Waals surface area contributed by atoms with Gasteiger partial charge in [0.2, 0.25) is 0 Å². The van der Waals surface area contributed by atoms with Gasteiger partial charge in [-0.25, -0.2) is 15.0 Å². The smallest absolute Gasteiger partial charge is 0.164 e. The predicted molar refractivity (Wildman–Crippen MR) is 162 cm³/mol. The lowest BCUT2D eigenvalue weighted by Gasteiger charge is -2.14. The number of hydrogen-bond donors (Lipinski definition) is 0. The molecule has 184 valence electrons. The zero-order valence-electron chi connectivity index (χ0n) is 20.9. The summed E-state index contributed by atoms with van der Waals surface area (Å²) in [6.45, 7) is 0. The molecule has 0 spiro atoms. The number of nitrogens with zero attached hydrogens (tertiary/aromatic N) is 3. The fourth-order valence-electron chi connectivity index (χ4n) is 5.06. The lowest BCUT2D eigenvalue weighted by molar-refractivity contribution is 1.07. The molecule has 39 heavy (non-hydrogen) atoms. The fraction of sp³-hybridized carbons (Fsp3) is 0. The molecule has 0 fully saturated rings. The predicted octanol–water partition coefficient (Wildman–Crippen LogP) is 9.50. The van der Waals surface area contributed by atoms with Gasteiger partial charge in [0.25, 0.3) is 0 Å². The largest absolute Gasteiger partial charge is 0.208 e. The second-order valence-electron chi connectivity index (χ2n) is 9.45. The van der Waals surface area contributed by atoms with Crippen LogP contribution in [-0.2, 0) is 0 Å². The van der Waals surface area contributed by atoms with Crippen molar-refractivity contribution in [3.05, 3.63) is 138 Å². The molecule has 0 unspecified atom stereocenters. The monoisotopic (exact) mass is 519 g/mol. The molecule has 0 aliphatic carbocycles. The van der Waals surface area contributed by atoms with Gasteiger partial charge < -0.3 is 0 Å². The molecular weight excluding hydrogens is 498 g/mol. The number of aromatic nitrogens is 3. The number of rotatable bonds is 4. The Bertz CT molecular complexity index is 1980. The highest BCUT2D eigenvalue weighted by Crippen LogP contribution is 2.38. The summed E-state index contributed by atoms with van der Waals surface area (Å²) < 4.78 is 0. The molecule has 0 amide bonds. The number of halogens is 1. The van der Waals surface area contributed by atoms with E-state index in [9.17, 15) is 0 Å². The van der Waals surface area contributed by atoms with Gasteiger partial charge in [0.15, 0.2) is 17.5 Å². The maximum Gasteiger partial charge on any atom is 0.164 e. The third kappa shape index (κ3) is 4.43. The first kappa shape index (κ1) is 23.3. The molecule has 7 rings (SSSR count). The zero-order chi connectivity index (χ0) is 26.2. The molecule has 0 atom stereocenters. The molecule has 4 heteroatoms. The SMILES string of the molecule is Clc1ccc(-c2nc(-c3ccccc3)nc(-c3ccc4ccccc4c3)n2)c(-c2cccc3ccccc23)c1. The third-order valence-electron chi connectivity index (χ3n) is 6.98. The molecule has 7 aromatic rings. The van der Waals surface area contributed by atoms with Crippen molar-refractivity contribution in [3.63, 3.8) is 0 Å². The van der Waals surface area contributed by atoms with Crippen molar-refractivity contribution in [2.24, 2.45) is 0 Å². The Labute approximate surface area is 231 Å². The van der Waals surface area contributed by atoms with Crippen molar-refractivity contribution in [2.75, 3.05) is 0 Å². The van der Waals surface area contributed by atoms with Gasteiger partial charge in [-0.1, -0.05) is 121 Å². The van der Waals surface area contributed by atoms with Crippen LogP contribution in [0.2, 0.25) is 5.02 Å². The molecule has 0 bridgehead atoms. The molecule has 1 aromatic heterocycles. The van der Waals surface area contributed by atoms with Crippen molar-refractivity contribution in [1.82, 2.24) is 15.0 Å². The van der Waals surface area contributed by atoms with Crippen molar-refractivity contribution in [3.8, 4) is 45.3 Å². The molecule has 0 N–H and O–H groups in total. The van der Waals surface area contributed by atoms with Crippen LogP contribution in [0, 0.1) is 0 Å². The van der Waals surface area contributed by atoms with Crippen LogP contribution in [0.3, 0.4) is 0 Å². The van der Waals surface area contributed by atoms with E-state index >= 15 is 0 Å². The van der Waals surface area contributed by atoms with Gasteiger partial charge in [0.05, 0.1) is 0 Å². The Balaban J connectivity index is 1.48. The average Bonchev–Trinajstić information content (AvgIpc) is 3.00. The quantitative estimate of drug-likeness (QED) is 0.232. The second kappa shape index (κ2) is 9.79. The van der Waals surface area contributed by atoms with Gasteiger partial charge >= 0.3 is 0 Å². The topological polar surface area (TPSA) is 38.7 Å². The standard InChI is InChI=1S/C35H22ClN3/c36-28-19-20-31(32(22-28)30-16-8-14-24-10-6-7-15-29(24)30)35-38-33(25-11-2-1-3-12-25)37-34(39-35)27-18-17-23-9-4-5-13-26(23)21-27/h1-22H. The lowest BCUT2D eigenvalue weighted by atomic mass is 9.94. The third-order valence-corrected chi connectivity index (χ3v) is 7.21. The van der Waals surface area contributed by atoms with Gasteiger partial charge in [0.1, 0.15) is 0 Å². The molecule has 1 heterocycles. The first-order chi connectivity index (χ1) is 19.2. The molecule has 0 aliphatic rings. The molecular formula is C35H22ClN3. The van der Waals surface area contributed by atoms with Crippen LogP contribution >= 0.6 is 11.6 Å². The second-order valence-corrected chi connectivity index (χ2v) is 9.89. The Morgan fingerprint density at radius 1 is 0.385 bits per heavy atom. The van der Waals surface area contributed by atoms with Crippen LogP contribution in [0.5, 0.6) is 0 Å². The molecule has 0 saturated heterocycles. The fourth-order valence-corrected chi connectivity index (χ4v) is 5.24. The van der Waals surface area contributed by atoms with Gasteiger partial charge in [-0.2, -0.15) is 0 Å². The highest BCUT2D eigenvalue weighted by molar-refractivity contribution is 6.31. The summed E-state index contributed by atoms with van der Waals surface area (Å²) in [5, 5.41) is 5.29. The Morgan fingerprint density at radius 3 is 1.90 bits per heavy atom. The maximum atomic E-state index is 6.56. The summed E-state index contributed by atoms with van der Waals surface area (Å²) in [7, 11) is 0. The zero-order valence-corrected chi connectivity index (χ0v) is 21.7. The van der Waals surface area contributed by atoms with E-state index in [2.05, 4.69) is 72.8 Å². The number of benzene rings is 6. The number of hydrogen-bond acceptors (Lipinski definition) is 3. The van der Waals surface area contributed by atoms with Crippen LogP contribution in [-0.4, -0.2) is 15.0 Å². The summed E-state index contributed by atoms with van der Waals surface area (Å²) in [4.78, 5) is 15.0. The summed E-state index contributed by atoms with van der Waals surface area (Å²) in [6, 6.07) is 45.3. The van der Waals surface area contributed by atoms with E-state index in [0.29, 0.717) is 22.5 Å². The summed E-state index contributed by atoms with van der Waals surface area (Å²) in [5.41, 5.74) is 4.84. The Morgan fingerprint density at radius 2 is 1.05 bits per heavy atom. The minimum absolute atomic E-state index is 0.603. The van der Waals surface area contributed by atoms with Crippen molar-refractivity contribution >= 4 is 33.1 Å². The van der Waals surface area contributed by atoms with E-state index in [-0.39, 0.29) is 0 Å². The summed E-state index contributed by atoms with van der Waals surface area (Å²) >= 11 is 6.56. The van der Waals surface area contributed by atoms with Crippen LogP contribution in [0.25, 0.3) is 66.8 Å². The molecule has 6 aromatic carbocycles. The Kier molecular flexibility index (Phi) is 5.84. The van der Waals surface area contributed by atoms with Crippen molar-refractivity contribution in [2.45, 2.75) is 0 Å². The average molecular weight is 520 g/mol. The first-order valence-corrected chi connectivity index (χ1v) is 13.2. The molecule has 0 saturated carbocycles. The molecule has 0 aliphatic heterocycles. The van der Waals surface area contributed by atoms with Gasteiger partial charge in [-0.15, -0.1) is 0 Å². The van der Waals surface area contributed by atoms with Gasteiger partial charge in [-0.05, 0) is 56.9 Å². The van der Waals surface area contributed by atoms with Crippen LogP contribution < -0.4 is 0 Å². The highest BCUT2D eigenvalue weighted by Gasteiger charge is 2.17. The van der Waals surface area contributed by atoms with Crippen molar-refractivity contribution in [1.29, 1.82) is 0 Å². The van der Waals surface area contributed by atoms with E-state index in [1.807, 2.05) is 60.7 Å². The first-order valence-electron chi connectivity index (χ1n) is 12.8. The molecule has 3 nitrogen and oxygen atoms in total. The normalized spacial score (nSPS) is 11.2. The molecule has 0 radical (unpaired) electrons. The van der Waals surface area contributed by atoms with E-state index in [4.69, 9.17) is 26.6 Å². The lowest BCUT2D eigenvalue weighted by Crippen LogP contribution is -2.01. The van der Waals surface area contributed by atoms with E-state index in [1.165, 1.54) is 10.8 Å². The Hall–Kier alpha value is -4.86. The van der Waals surface area contributed by atoms with Crippen LogP contribution in [0.15, 0.2) is 133 Å². The van der Waals surface area contributed by atoms with Crippen LogP contribution in [0.1, 0.15) is 0 Å².